The first-order chi connectivity index (χ1) is 12.2. The molecule has 1 aromatic heterocycles. The van der Waals surface area contributed by atoms with Crippen LogP contribution in [0, 0.1) is 0 Å². The molecule has 4 nitrogen and oxygen atoms in total. The molecule has 2 aromatic carbocycles. The normalized spacial score (nSPS) is 10.3. The van der Waals surface area contributed by atoms with Gasteiger partial charge in [-0.3, -0.25) is 4.79 Å². The Morgan fingerprint density at radius 2 is 1.84 bits per heavy atom. The van der Waals surface area contributed by atoms with Crippen LogP contribution in [0.5, 0.6) is 0 Å². The van der Waals surface area contributed by atoms with Gasteiger partial charge in [0.1, 0.15) is 5.82 Å². The van der Waals surface area contributed by atoms with Crippen LogP contribution in [0.15, 0.2) is 72.9 Å². The molecule has 0 bridgehead atoms. The van der Waals surface area contributed by atoms with Crippen molar-refractivity contribution in [3.63, 3.8) is 0 Å². The van der Waals surface area contributed by atoms with E-state index in [0.29, 0.717) is 22.9 Å². The minimum Gasteiger partial charge on any atom is -0.352 e. The number of nitrogens with zero attached hydrogens (tertiary/aromatic N) is 1. The number of hydrogen-bond acceptors (Lipinski definition) is 3. The molecule has 25 heavy (non-hydrogen) atoms. The van der Waals surface area contributed by atoms with Gasteiger partial charge < -0.3 is 10.6 Å². The summed E-state index contributed by atoms with van der Waals surface area (Å²) in [7, 11) is 0. The van der Waals surface area contributed by atoms with E-state index in [-0.39, 0.29) is 5.91 Å². The summed E-state index contributed by atoms with van der Waals surface area (Å²) in [6.07, 6.45) is 2.35. The molecule has 0 aliphatic heterocycles. The van der Waals surface area contributed by atoms with Crippen LogP contribution in [0.1, 0.15) is 15.9 Å². The number of amides is 1. The van der Waals surface area contributed by atoms with Gasteiger partial charge in [0.2, 0.25) is 0 Å². The van der Waals surface area contributed by atoms with E-state index in [4.69, 9.17) is 11.6 Å². The molecule has 0 aliphatic rings. The Morgan fingerprint density at radius 3 is 2.64 bits per heavy atom. The molecule has 0 unspecified atom stereocenters. The van der Waals surface area contributed by atoms with Crippen LogP contribution in [-0.4, -0.2) is 17.4 Å². The highest BCUT2D eigenvalue weighted by Crippen LogP contribution is 2.15. The number of carbonyl (C=O) groups is 1. The molecule has 5 heteroatoms. The second-order valence-electron chi connectivity index (χ2n) is 5.56. The van der Waals surface area contributed by atoms with E-state index in [1.54, 1.807) is 18.3 Å². The van der Waals surface area contributed by atoms with Crippen LogP contribution in [0.3, 0.4) is 0 Å². The van der Waals surface area contributed by atoms with E-state index < -0.39 is 0 Å². The summed E-state index contributed by atoms with van der Waals surface area (Å²) in [5.74, 6) is 0.509. The summed E-state index contributed by atoms with van der Waals surface area (Å²) in [6, 6.07) is 20.8. The summed E-state index contributed by atoms with van der Waals surface area (Å²) in [5, 5.41) is 6.81. The number of nitrogens with one attached hydrogen (secondary N) is 2. The standard InChI is InChI=1S/C20H18ClN3O/c21-17-6-4-5-15(13-17)9-11-23-20(25)16-10-12-22-19(14-16)24-18-7-2-1-3-8-18/h1-8,10,12-14H,9,11H2,(H,22,24)(H,23,25). The maximum atomic E-state index is 12.3. The zero-order valence-electron chi connectivity index (χ0n) is 13.6. The highest BCUT2D eigenvalue weighted by Gasteiger charge is 2.07. The predicted molar refractivity (Wildman–Crippen MR) is 101 cm³/mol. The Hall–Kier alpha value is -2.85. The molecule has 3 aromatic rings. The number of aromatic nitrogens is 1. The molecule has 0 aliphatic carbocycles. The van der Waals surface area contributed by atoms with E-state index in [2.05, 4.69) is 15.6 Å². The van der Waals surface area contributed by atoms with Crippen molar-refractivity contribution in [1.82, 2.24) is 10.3 Å². The van der Waals surface area contributed by atoms with Crippen LogP contribution < -0.4 is 10.6 Å². The highest BCUT2D eigenvalue weighted by molar-refractivity contribution is 6.30. The molecule has 1 amide bonds. The molecule has 0 fully saturated rings. The molecule has 0 spiro atoms. The van der Waals surface area contributed by atoms with E-state index in [9.17, 15) is 4.79 Å². The SMILES string of the molecule is O=C(NCCc1cccc(Cl)c1)c1ccnc(Nc2ccccc2)c1. The third kappa shape index (κ3) is 5.06. The van der Waals surface area contributed by atoms with Gasteiger partial charge in [-0.05, 0) is 48.4 Å². The second-order valence-corrected chi connectivity index (χ2v) is 5.99. The summed E-state index contributed by atoms with van der Waals surface area (Å²) >= 11 is 5.96. The van der Waals surface area contributed by atoms with Gasteiger partial charge in [-0.25, -0.2) is 4.98 Å². The monoisotopic (exact) mass is 351 g/mol. The molecular formula is C20H18ClN3O. The zero-order chi connectivity index (χ0) is 17.5. The van der Waals surface area contributed by atoms with Crippen molar-refractivity contribution in [1.29, 1.82) is 0 Å². The Labute approximate surface area is 151 Å². The van der Waals surface area contributed by atoms with Gasteiger partial charge in [0.05, 0.1) is 0 Å². The lowest BCUT2D eigenvalue weighted by Gasteiger charge is -2.08. The average molecular weight is 352 g/mol. The van der Waals surface area contributed by atoms with Gasteiger partial charge >= 0.3 is 0 Å². The van der Waals surface area contributed by atoms with Gasteiger partial charge in [-0.15, -0.1) is 0 Å². The molecule has 3 rings (SSSR count). The van der Waals surface area contributed by atoms with Crippen LogP contribution in [0.4, 0.5) is 11.5 Å². The van der Waals surface area contributed by atoms with Gasteiger partial charge in [-0.2, -0.15) is 0 Å². The predicted octanol–water partition coefficient (Wildman–Crippen LogP) is 4.45. The lowest BCUT2D eigenvalue weighted by atomic mass is 10.1. The van der Waals surface area contributed by atoms with Crippen molar-refractivity contribution in [2.75, 3.05) is 11.9 Å². The van der Waals surface area contributed by atoms with Crippen molar-refractivity contribution >= 4 is 29.0 Å². The maximum Gasteiger partial charge on any atom is 0.251 e. The van der Waals surface area contributed by atoms with Gasteiger partial charge in [-0.1, -0.05) is 41.9 Å². The van der Waals surface area contributed by atoms with E-state index in [1.165, 1.54) is 0 Å². The number of rotatable bonds is 6. The van der Waals surface area contributed by atoms with Gasteiger partial charge in [0.25, 0.3) is 5.91 Å². The Bertz CT molecular complexity index is 852. The third-order valence-electron chi connectivity index (χ3n) is 3.66. The molecule has 0 atom stereocenters. The number of carbonyl (C=O) groups excluding carboxylic acids is 1. The van der Waals surface area contributed by atoms with Crippen LogP contribution in [-0.2, 0) is 6.42 Å². The summed E-state index contributed by atoms with van der Waals surface area (Å²) in [5.41, 5.74) is 2.59. The van der Waals surface area contributed by atoms with E-state index in [0.717, 1.165) is 17.7 Å². The smallest absolute Gasteiger partial charge is 0.251 e. The molecule has 126 valence electrons. The van der Waals surface area contributed by atoms with Crippen molar-refractivity contribution < 1.29 is 4.79 Å². The van der Waals surface area contributed by atoms with Crippen molar-refractivity contribution in [3.05, 3.63) is 89.1 Å². The van der Waals surface area contributed by atoms with E-state index >= 15 is 0 Å². The number of para-hydroxylation sites is 1. The first-order valence-corrected chi connectivity index (χ1v) is 8.39. The molecule has 0 saturated heterocycles. The first-order valence-electron chi connectivity index (χ1n) is 8.01. The van der Waals surface area contributed by atoms with Crippen LogP contribution in [0.2, 0.25) is 5.02 Å². The molecule has 0 radical (unpaired) electrons. The lowest BCUT2D eigenvalue weighted by Crippen LogP contribution is -2.25. The van der Waals surface area contributed by atoms with Crippen molar-refractivity contribution in [2.45, 2.75) is 6.42 Å². The largest absolute Gasteiger partial charge is 0.352 e. The van der Waals surface area contributed by atoms with Crippen LogP contribution in [0.25, 0.3) is 0 Å². The zero-order valence-corrected chi connectivity index (χ0v) is 14.3. The molecule has 0 saturated carbocycles. The maximum absolute atomic E-state index is 12.3. The Balaban J connectivity index is 1.57. The summed E-state index contributed by atoms with van der Waals surface area (Å²) in [4.78, 5) is 16.6. The molecule has 2 N–H and O–H groups in total. The lowest BCUT2D eigenvalue weighted by molar-refractivity contribution is 0.0954. The quantitative estimate of drug-likeness (QED) is 0.689. The first kappa shape index (κ1) is 17.0. The van der Waals surface area contributed by atoms with Crippen LogP contribution >= 0.6 is 11.6 Å². The number of hydrogen-bond donors (Lipinski definition) is 2. The fraction of sp³-hybridized carbons (Fsp3) is 0.100. The van der Waals surface area contributed by atoms with Crippen molar-refractivity contribution in [3.8, 4) is 0 Å². The Kier molecular flexibility index (Phi) is 5.65. The second kappa shape index (κ2) is 8.31. The summed E-state index contributed by atoms with van der Waals surface area (Å²) < 4.78 is 0. The van der Waals surface area contributed by atoms with Gasteiger partial charge in [0, 0.05) is 29.0 Å². The minimum atomic E-state index is -0.125. The molecule has 1 heterocycles. The number of benzene rings is 2. The number of anilines is 2. The van der Waals surface area contributed by atoms with E-state index in [1.807, 2.05) is 54.6 Å². The van der Waals surface area contributed by atoms with Crippen molar-refractivity contribution in [2.24, 2.45) is 0 Å². The number of halogens is 1. The Morgan fingerprint density at radius 1 is 1.00 bits per heavy atom. The topological polar surface area (TPSA) is 54.0 Å². The molecular weight excluding hydrogens is 334 g/mol. The fourth-order valence-electron chi connectivity index (χ4n) is 2.42. The number of pyridine rings is 1. The average Bonchev–Trinajstić information content (AvgIpc) is 2.63. The highest BCUT2D eigenvalue weighted by atomic mass is 35.5. The van der Waals surface area contributed by atoms with Gasteiger partial charge in [0.15, 0.2) is 0 Å². The third-order valence-corrected chi connectivity index (χ3v) is 3.89. The summed E-state index contributed by atoms with van der Waals surface area (Å²) in [6.45, 7) is 0.545. The minimum absolute atomic E-state index is 0.125. The fourth-order valence-corrected chi connectivity index (χ4v) is 2.64.